The minimum absolute atomic E-state index is 0.221. The Hall–Kier alpha value is -1.95. The fourth-order valence-electron chi connectivity index (χ4n) is 2.15. The van der Waals surface area contributed by atoms with Gasteiger partial charge in [-0.25, -0.2) is 0 Å². The number of aliphatic hydroxyl groups excluding tert-OH is 1. The molecule has 0 aliphatic rings. The van der Waals surface area contributed by atoms with Crippen molar-refractivity contribution in [2.45, 2.75) is 19.4 Å². The van der Waals surface area contributed by atoms with Gasteiger partial charge in [0.05, 0.1) is 40.5 Å². The predicted molar refractivity (Wildman–Crippen MR) is 76.9 cm³/mol. The Labute approximate surface area is 124 Å². The number of ether oxygens (including phenoxy) is 4. The second-order valence-corrected chi connectivity index (χ2v) is 4.60. The van der Waals surface area contributed by atoms with Crippen LogP contribution in [-0.4, -0.2) is 39.5 Å². The number of hydrogen-bond donors (Lipinski definition) is 1. The Balaban J connectivity index is 3.09. The summed E-state index contributed by atoms with van der Waals surface area (Å²) in [6.07, 6.45) is -0.660. The average Bonchev–Trinajstić information content (AvgIpc) is 2.51. The normalized spacial score (nSPS) is 13.2. The Bertz CT molecular complexity index is 485. The van der Waals surface area contributed by atoms with E-state index in [1.165, 1.54) is 28.4 Å². The molecule has 6 heteroatoms. The number of benzene rings is 1. The molecule has 1 aromatic rings. The van der Waals surface area contributed by atoms with E-state index in [1.807, 2.05) is 0 Å². The van der Waals surface area contributed by atoms with E-state index in [1.54, 1.807) is 19.1 Å². The van der Waals surface area contributed by atoms with Gasteiger partial charge < -0.3 is 24.1 Å². The first-order valence-electron chi connectivity index (χ1n) is 6.54. The summed E-state index contributed by atoms with van der Waals surface area (Å²) in [5.74, 6) is 0.506. The quantitative estimate of drug-likeness (QED) is 0.776. The van der Waals surface area contributed by atoms with Gasteiger partial charge in [0, 0.05) is 5.56 Å². The van der Waals surface area contributed by atoms with Crippen molar-refractivity contribution in [2.24, 2.45) is 5.92 Å². The van der Waals surface area contributed by atoms with Crippen LogP contribution in [0.4, 0.5) is 0 Å². The van der Waals surface area contributed by atoms with Crippen molar-refractivity contribution < 1.29 is 28.8 Å². The molecular weight excluding hydrogens is 276 g/mol. The maximum atomic E-state index is 11.4. The summed E-state index contributed by atoms with van der Waals surface area (Å²) in [6, 6.07) is 3.37. The fraction of sp³-hybridized carbons (Fsp3) is 0.533. The van der Waals surface area contributed by atoms with Crippen molar-refractivity contribution in [2.75, 3.05) is 28.4 Å². The van der Waals surface area contributed by atoms with E-state index >= 15 is 0 Å². The average molecular weight is 298 g/mol. The number of hydrogen-bond acceptors (Lipinski definition) is 6. The third-order valence-corrected chi connectivity index (χ3v) is 3.27. The van der Waals surface area contributed by atoms with Gasteiger partial charge in [0.1, 0.15) is 0 Å². The van der Waals surface area contributed by atoms with Crippen molar-refractivity contribution in [3.8, 4) is 17.2 Å². The van der Waals surface area contributed by atoms with Crippen molar-refractivity contribution in [1.29, 1.82) is 0 Å². The van der Waals surface area contributed by atoms with E-state index in [-0.39, 0.29) is 12.4 Å². The van der Waals surface area contributed by atoms with Crippen LogP contribution in [0.1, 0.15) is 25.0 Å². The molecule has 1 rings (SSSR count). The van der Waals surface area contributed by atoms with Crippen LogP contribution in [0, 0.1) is 5.92 Å². The lowest BCUT2D eigenvalue weighted by atomic mass is 9.97. The smallest absolute Gasteiger partial charge is 0.308 e. The van der Waals surface area contributed by atoms with E-state index in [9.17, 15) is 9.90 Å². The zero-order chi connectivity index (χ0) is 16.0. The van der Waals surface area contributed by atoms with E-state index in [4.69, 9.17) is 14.2 Å². The third-order valence-electron chi connectivity index (χ3n) is 3.27. The van der Waals surface area contributed by atoms with Crippen LogP contribution >= 0.6 is 0 Å². The molecule has 2 unspecified atom stereocenters. The first-order chi connectivity index (χ1) is 9.99. The van der Waals surface area contributed by atoms with Crippen LogP contribution in [0.25, 0.3) is 0 Å². The van der Waals surface area contributed by atoms with E-state index in [0.29, 0.717) is 22.8 Å². The predicted octanol–water partition coefficient (Wildman–Crippen LogP) is 1.94. The number of rotatable bonds is 7. The van der Waals surface area contributed by atoms with Crippen LogP contribution < -0.4 is 14.2 Å². The van der Waals surface area contributed by atoms with Gasteiger partial charge >= 0.3 is 5.97 Å². The summed E-state index contributed by atoms with van der Waals surface area (Å²) in [6.45, 7) is 1.70. The Morgan fingerprint density at radius 3 is 2.19 bits per heavy atom. The van der Waals surface area contributed by atoms with Gasteiger partial charge in [-0.2, -0.15) is 0 Å². The molecule has 1 aromatic carbocycles. The van der Waals surface area contributed by atoms with Gasteiger partial charge in [-0.1, -0.05) is 6.92 Å². The van der Waals surface area contributed by atoms with Crippen LogP contribution in [-0.2, 0) is 9.53 Å². The van der Waals surface area contributed by atoms with Gasteiger partial charge in [-0.05, 0) is 18.6 Å². The highest BCUT2D eigenvalue weighted by molar-refractivity contribution is 5.71. The number of methoxy groups -OCH3 is 4. The first-order valence-corrected chi connectivity index (χ1v) is 6.54. The number of carbonyl (C=O) groups is 1. The third kappa shape index (κ3) is 3.78. The summed E-state index contributed by atoms with van der Waals surface area (Å²) in [7, 11) is 5.82. The molecule has 0 radical (unpaired) electrons. The molecule has 118 valence electrons. The lowest BCUT2D eigenvalue weighted by Gasteiger charge is -2.20. The molecule has 0 aromatic heterocycles. The molecular formula is C15H22O6. The zero-order valence-corrected chi connectivity index (χ0v) is 13.0. The second kappa shape index (κ2) is 7.73. The molecule has 6 nitrogen and oxygen atoms in total. The van der Waals surface area contributed by atoms with Crippen LogP contribution in [0.5, 0.6) is 17.2 Å². The molecule has 2 atom stereocenters. The van der Waals surface area contributed by atoms with Crippen molar-refractivity contribution in [3.63, 3.8) is 0 Å². The summed E-state index contributed by atoms with van der Waals surface area (Å²) < 4.78 is 20.4. The highest BCUT2D eigenvalue weighted by Crippen LogP contribution is 2.43. The summed E-state index contributed by atoms with van der Waals surface area (Å²) in [5, 5.41) is 10.3. The molecule has 21 heavy (non-hydrogen) atoms. The van der Waals surface area contributed by atoms with Crippen molar-refractivity contribution in [3.05, 3.63) is 17.7 Å². The topological polar surface area (TPSA) is 74.2 Å². The maximum absolute atomic E-state index is 11.4. The van der Waals surface area contributed by atoms with Gasteiger partial charge in [0.15, 0.2) is 11.5 Å². The van der Waals surface area contributed by atoms with Gasteiger partial charge in [0.2, 0.25) is 5.75 Å². The lowest BCUT2D eigenvalue weighted by molar-refractivity contribution is -0.145. The van der Waals surface area contributed by atoms with E-state index < -0.39 is 12.0 Å². The van der Waals surface area contributed by atoms with Gasteiger partial charge in [-0.15, -0.1) is 0 Å². The summed E-state index contributed by atoms with van der Waals surface area (Å²) in [5.41, 5.74) is 0.533. The van der Waals surface area contributed by atoms with Crippen LogP contribution in [0.15, 0.2) is 12.1 Å². The second-order valence-electron chi connectivity index (χ2n) is 4.60. The maximum Gasteiger partial charge on any atom is 0.308 e. The van der Waals surface area contributed by atoms with Crippen LogP contribution in [0.3, 0.4) is 0 Å². The monoisotopic (exact) mass is 298 g/mol. The standard InChI is InChI=1S/C15H22O6/c1-9(15(17)21-5)8-11(16)10-6-7-12(18-2)14(20-4)13(10)19-3/h6-7,9,11,16H,8H2,1-5H3. The molecule has 0 aliphatic heterocycles. The summed E-state index contributed by atoms with van der Waals surface area (Å²) in [4.78, 5) is 11.4. The van der Waals surface area contributed by atoms with Gasteiger partial charge in [-0.3, -0.25) is 4.79 Å². The van der Waals surface area contributed by atoms with Crippen LogP contribution in [0.2, 0.25) is 0 Å². The zero-order valence-electron chi connectivity index (χ0n) is 13.0. The Kier molecular flexibility index (Phi) is 6.30. The molecule has 1 N–H and O–H groups in total. The van der Waals surface area contributed by atoms with Gasteiger partial charge in [0.25, 0.3) is 0 Å². The molecule has 0 heterocycles. The Morgan fingerprint density at radius 2 is 1.71 bits per heavy atom. The number of carbonyl (C=O) groups excluding carboxylic acids is 1. The van der Waals surface area contributed by atoms with E-state index in [2.05, 4.69) is 4.74 Å². The SMILES string of the molecule is COC(=O)C(C)CC(O)c1ccc(OC)c(OC)c1OC. The molecule has 0 amide bonds. The Morgan fingerprint density at radius 1 is 1.10 bits per heavy atom. The molecule has 0 fully saturated rings. The highest BCUT2D eigenvalue weighted by atomic mass is 16.5. The first kappa shape index (κ1) is 17.1. The highest BCUT2D eigenvalue weighted by Gasteiger charge is 2.24. The number of aliphatic hydroxyl groups is 1. The summed E-state index contributed by atoms with van der Waals surface area (Å²) >= 11 is 0. The largest absolute Gasteiger partial charge is 0.493 e. The minimum atomic E-state index is -0.881. The lowest BCUT2D eigenvalue weighted by Crippen LogP contribution is -2.16. The van der Waals surface area contributed by atoms with Crippen molar-refractivity contribution >= 4 is 5.97 Å². The molecule has 0 bridgehead atoms. The molecule has 0 aliphatic carbocycles. The molecule has 0 saturated heterocycles. The number of esters is 1. The molecule has 0 saturated carbocycles. The molecule has 0 spiro atoms. The van der Waals surface area contributed by atoms with E-state index in [0.717, 1.165) is 0 Å². The van der Waals surface area contributed by atoms with Crippen molar-refractivity contribution in [1.82, 2.24) is 0 Å². The fourth-order valence-corrected chi connectivity index (χ4v) is 2.15. The minimum Gasteiger partial charge on any atom is -0.493 e.